The third kappa shape index (κ3) is 2.79. The van der Waals surface area contributed by atoms with Gasteiger partial charge in [0.15, 0.2) is 0 Å². The fourth-order valence-corrected chi connectivity index (χ4v) is 3.07. The van der Waals surface area contributed by atoms with E-state index >= 15 is 0 Å². The van der Waals surface area contributed by atoms with Gasteiger partial charge in [-0.05, 0) is 17.7 Å². The third-order valence-electron chi connectivity index (χ3n) is 2.34. The minimum absolute atomic E-state index is 0.237. The summed E-state index contributed by atoms with van der Waals surface area (Å²) < 4.78 is 22.1. The van der Waals surface area contributed by atoms with Crippen LogP contribution in [0.4, 0.5) is 0 Å². The average Bonchev–Trinajstić information content (AvgIpc) is 2.20. The van der Waals surface area contributed by atoms with Crippen LogP contribution < -0.4 is 0 Å². The Morgan fingerprint density at radius 1 is 1.38 bits per heavy atom. The second-order valence-electron chi connectivity index (χ2n) is 3.66. The zero-order valence-electron chi connectivity index (χ0n) is 8.65. The molecule has 0 saturated carbocycles. The Bertz CT molecular complexity index is 450. The first-order valence-electron chi connectivity index (χ1n) is 4.83. The lowest BCUT2D eigenvalue weighted by Gasteiger charge is -2.27. The van der Waals surface area contributed by atoms with Gasteiger partial charge in [-0.15, -0.1) is 0 Å². The van der Waals surface area contributed by atoms with Crippen molar-refractivity contribution in [3.05, 3.63) is 33.8 Å². The van der Waals surface area contributed by atoms with Crippen LogP contribution in [-0.4, -0.2) is 13.3 Å². The monoisotopic (exact) mass is 280 g/mol. The van der Waals surface area contributed by atoms with Crippen LogP contribution in [0.25, 0.3) is 0 Å². The van der Waals surface area contributed by atoms with Crippen LogP contribution in [0.1, 0.15) is 18.1 Å². The molecule has 1 saturated heterocycles. The topological polar surface area (TPSA) is 35.5 Å². The molecule has 2 unspecified atom stereocenters. The van der Waals surface area contributed by atoms with E-state index in [1.54, 1.807) is 12.1 Å². The Hall–Kier alpha value is -0.0500. The zero-order valence-corrected chi connectivity index (χ0v) is 11.1. The van der Waals surface area contributed by atoms with E-state index in [0.29, 0.717) is 23.1 Å². The molecule has 88 valence electrons. The fourth-order valence-electron chi connectivity index (χ4n) is 1.58. The van der Waals surface area contributed by atoms with Crippen molar-refractivity contribution in [2.45, 2.75) is 12.5 Å². The number of rotatable bonds is 1. The number of hydrogen-bond donors (Lipinski definition) is 0. The van der Waals surface area contributed by atoms with Crippen LogP contribution in [0.5, 0.6) is 0 Å². The normalized spacial score (nSPS) is 30.3. The van der Waals surface area contributed by atoms with Crippen LogP contribution >= 0.6 is 30.8 Å². The molecule has 3 nitrogen and oxygen atoms in total. The summed E-state index contributed by atoms with van der Waals surface area (Å²) in [6.45, 7) is 1.90. The van der Waals surface area contributed by atoms with E-state index in [4.69, 9.17) is 32.2 Å². The minimum atomic E-state index is -2.91. The van der Waals surface area contributed by atoms with Gasteiger partial charge in [-0.1, -0.05) is 29.3 Å². The first-order valence-corrected chi connectivity index (χ1v) is 7.58. The summed E-state index contributed by atoms with van der Waals surface area (Å²) in [5, 5.41) is 0.970. The van der Waals surface area contributed by atoms with Crippen molar-refractivity contribution in [1.29, 1.82) is 0 Å². The minimum Gasteiger partial charge on any atom is -0.309 e. The molecule has 0 N–H and O–H groups in total. The van der Waals surface area contributed by atoms with Crippen LogP contribution in [0.3, 0.4) is 0 Å². The standard InChI is InChI=1S/C10H11Cl2O3P/c1-16(13)14-5-4-10(15-16)7-2-3-8(11)9(12)6-7/h2-3,6,10H,4-5H2,1H3. The summed E-state index contributed by atoms with van der Waals surface area (Å²) in [5.74, 6) is 0. The first kappa shape index (κ1) is 12.4. The second-order valence-corrected chi connectivity index (χ2v) is 6.49. The molecular formula is C10H11Cl2O3P. The Morgan fingerprint density at radius 2 is 2.12 bits per heavy atom. The van der Waals surface area contributed by atoms with Gasteiger partial charge in [-0.3, -0.25) is 4.57 Å². The van der Waals surface area contributed by atoms with Crippen molar-refractivity contribution in [2.24, 2.45) is 0 Å². The molecular weight excluding hydrogens is 270 g/mol. The number of benzene rings is 1. The maximum Gasteiger partial charge on any atom is 0.328 e. The molecule has 2 rings (SSSR count). The molecule has 0 radical (unpaired) electrons. The highest BCUT2D eigenvalue weighted by atomic mass is 35.5. The molecule has 0 aromatic heterocycles. The summed E-state index contributed by atoms with van der Waals surface area (Å²) in [7, 11) is -2.91. The van der Waals surface area contributed by atoms with Gasteiger partial charge >= 0.3 is 7.60 Å². The van der Waals surface area contributed by atoms with Gasteiger partial charge in [0.1, 0.15) is 0 Å². The Morgan fingerprint density at radius 3 is 2.75 bits per heavy atom. The lowest BCUT2D eigenvalue weighted by molar-refractivity contribution is 0.0845. The van der Waals surface area contributed by atoms with E-state index in [1.165, 1.54) is 6.66 Å². The van der Waals surface area contributed by atoms with Gasteiger partial charge in [0.2, 0.25) is 0 Å². The fraction of sp³-hybridized carbons (Fsp3) is 0.400. The molecule has 0 aliphatic carbocycles. The maximum absolute atomic E-state index is 11.7. The van der Waals surface area contributed by atoms with Gasteiger partial charge in [0.25, 0.3) is 0 Å². The van der Waals surface area contributed by atoms with Crippen LogP contribution in [0, 0.1) is 0 Å². The van der Waals surface area contributed by atoms with E-state index in [0.717, 1.165) is 5.56 Å². The van der Waals surface area contributed by atoms with Crippen molar-refractivity contribution in [3.8, 4) is 0 Å². The lowest BCUT2D eigenvalue weighted by Crippen LogP contribution is -2.13. The largest absolute Gasteiger partial charge is 0.328 e. The van der Waals surface area contributed by atoms with Gasteiger partial charge in [0, 0.05) is 13.1 Å². The Labute approximate surface area is 104 Å². The predicted molar refractivity (Wildman–Crippen MR) is 64.4 cm³/mol. The molecule has 1 heterocycles. The zero-order chi connectivity index (χ0) is 11.8. The molecule has 6 heteroatoms. The maximum atomic E-state index is 11.7. The summed E-state index contributed by atoms with van der Waals surface area (Å²) in [4.78, 5) is 0. The molecule has 2 atom stereocenters. The van der Waals surface area contributed by atoms with Gasteiger partial charge in [-0.25, -0.2) is 0 Å². The lowest BCUT2D eigenvalue weighted by atomic mass is 10.1. The molecule has 0 amide bonds. The van der Waals surface area contributed by atoms with Crippen molar-refractivity contribution in [1.82, 2.24) is 0 Å². The van der Waals surface area contributed by atoms with Gasteiger partial charge in [0.05, 0.1) is 22.8 Å². The van der Waals surface area contributed by atoms with Crippen LogP contribution in [0.15, 0.2) is 18.2 Å². The summed E-state index contributed by atoms with van der Waals surface area (Å²) in [6.07, 6.45) is 0.426. The third-order valence-corrected chi connectivity index (χ3v) is 4.37. The molecule has 0 spiro atoms. The second kappa shape index (κ2) is 4.67. The summed E-state index contributed by atoms with van der Waals surface area (Å²) in [5.41, 5.74) is 0.875. The Kier molecular flexibility index (Phi) is 3.62. The quantitative estimate of drug-likeness (QED) is 0.720. The van der Waals surface area contributed by atoms with Crippen molar-refractivity contribution in [2.75, 3.05) is 13.3 Å². The van der Waals surface area contributed by atoms with E-state index in [9.17, 15) is 4.57 Å². The molecule has 1 aliphatic rings. The van der Waals surface area contributed by atoms with E-state index < -0.39 is 7.60 Å². The SMILES string of the molecule is CP1(=O)OCCC(c2ccc(Cl)c(Cl)c2)O1. The van der Waals surface area contributed by atoms with E-state index in [2.05, 4.69) is 0 Å². The molecule has 1 fully saturated rings. The molecule has 1 aliphatic heterocycles. The van der Waals surface area contributed by atoms with E-state index in [1.807, 2.05) is 6.07 Å². The average molecular weight is 281 g/mol. The van der Waals surface area contributed by atoms with Crippen molar-refractivity contribution in [3.63, 3.8) is 0 Å². The highest BCUT2D eigenvalue weighted by Gasteiger charge is 2.29. The molecule has 1 aromatic rings. The van der Waals surface area contributed by atoms with Crippen LogP contribution in [-0.2, 0) is 13.6 Å². The van der Waals surface area contributed by atoms with Crippen LogP contribution in [0.2, 0.25) is 10.0 Å². The predicted octanol–water partition coefficient (Wildman–Crippen LogP) is 4.29. The van der Waals surface area contributed by atoms with Crippen molar-refractivity contribution < 1.29 is 13.6 Å². The van der Waals surface area contributed by atoms with Gasteiger partial charge < -0.3 is 9.05 Å². The number of halogens is 2. The molecule has 1 aromatic carbocycles. The smallest absolute Gasteiger partial charge is 0.309 e. The highest BCUT2D eigenvalue weighted by molar-refractivity contribution is 7.53. The highest BCUT2D eigenvalue weighted by Crippen LogP contribution is 2.53. The summed E-state index contributed by atoms with van der Waals surface area (Å²) >= 11 is 11.7. The summed E-state index contributed by atoms with van der Waals surface area (Å²) in [6, 6.07) is 5.27. The first-order chi connectivity index (χ1) is 7.48. The van der Waals surface area contributed by atoms with Gasteiger partial charge in [-0.2, -0.15) is 0 Å². The molecule has 0 bridgehead atoms. The number of hydrogen-bond acceptors (Lipinski definition) is 3. The molecule has 16 heavy (non-hydrogen) atoms. The van der Waals surface area contributed by atoms with E-state index in [-0.39, 0.29) is 6.10 Å². The van der Waals surface area contributed by atoms with Crippen molar-refractivity contribution >= 4 is 30.8 Å². The Balaban J connectivity index is 2.24.